The van der Waals surface area contributed by atoms with E-state index >= 15 is 0 Å². The van der Waals surface area contributed by atoms with Gasteiger partial charge in [0, 0.05) is 26.6 Å². The van der Waals surface area contributed by atoms with E-state index in [0.29, 0.717) is 0 Å². The molecule has 2 nitrogen and oxygen atoms in total. The number of rotatable bonds is 13. The second-order valence-electron chi connectivity index (χ2n) is 5.17. The van der Waals surface area contributed by atoms with E-state index in [2.05, 4.69) is 13.8 Å². The number of unbranched alkanes of at least 4 members (excludes halogenated alkanes) is 6. The Labute approximate surface area is 114 Å². The van der Waals surface area contributed by atoms with Crippen molar-refractivity contribution in [3.63, 3.8) is 0 Å². The average Bonchev–Trinajstić information content (AvgIpc) is 2.38. The molecule has 0 radical (unpaired) electrons. The second-order valence-corrected chi connectivity index (χ2v) is 5.17. The number of hydrogen-bond donors (Lipinski definition) is 0. The van der Waals surface area contributed by atoms with Crippen molar-refractivity contribution in [2.75, 3.05) is 13.7 Å². The Morgan fingerprint density at radius 2 is 1.33 bits per heavy atom. The third-order valence-electron chi connectivity index (χ3n) is 3.57. The molecular weight excluding hydrogens is 224 g/mol. The number of hydrogen-bond acceptors (Lipinski definition) is 2. The molecule has 0 saturated heterocycles. The van der Waals surface area contributed by atoms with E-state index in [-0.39, 0.29) is 5.79 Å². The van der Waals surface area contributed by atoms with Gasteiger partial charge in [0.15, 0.2) is 5.79 Å². The smallest absolute Gasteiger partial charge is 0.167 e. The lowest BCUT2D eigenvalue weighted by Gasteiger charge is -2.32. The summed E-state index contributed by atoms with van der Waals surface area (Å²) in [6, 6.07) is 0. The van der Waals surface area contributed by atoms with Gasteiger partial charge in [-0.25, -0.2) is 0 Å². The van der Waals surface area contributed by atoms with Gasteiger partial charge in [0.25, 0.3) is 0 Å². The molecule has 0 amide bonds. The molecule has 0 saturated carbocycles. The second kappa shape index (κ2) is 12.0. The maximum atomic E-state index is 5.84. The minimum atomic E-state index is -0.313. The first-order chi connectivity index (χ1) is 8.74. The summed E-state index contributed by atoms with van der Waals surface area (Å²) in [4.78, 5) is 0. The van der Waals surface area contributed by atoms with Crippen LogP contribution in [0.5, 0.6) is 0 Å². The lowest BCUT2D eigenvalue weighted by molar-refractivity contribution is -0.229. The first-order valence-corrected chi connectivity index (χ1v) is 7.93. The summed E-state index contributed by atoms with van der Waals surface area (Å²) >= 11 is 0. The highest BCUT2D eigenvalue weighted by Gasteiger charge is 2.28. The van der Waals surface area contributed by atoms with Crippen LogP contribution >= 0.6 is 0 Å². The number of ether oxygens (including phenoxy) is 2. The first kappa shape index (κ1) is 17.9. The fraction of sp³-hybridized carbons (Fsp3) is 1.00. The van der Waals surface area contributed by atoms with Crippen LogP contribution in [-0.2, 0) is 9.47 Å². The predicted molar refractivity (Wildman–Crippen MR) is 78.9 cm³/mol. The third-order valence-corrected chi connectivity index (χ3v) is 3.57. The Morgan fingerprint density at radius 3 is 1.83 bits per heavy atom. The predicted octanol–water partition coefficient (Wildman–Crippen LogP) is 5.31. The largest absolute Gasteiger partial charge is 0.353 e. The van der Waals surface area contributed by atoms with E-state index in [1.165, 1.54) is 44.9 Å². The van der Waals surface area contributed by atoms with Crippen LogP contribution in [0.25, 0.3) is 0 Å². The van der Waals surface area contributed by atoms with Crippen molar-refractivity contribution < 1.29 is 9.47 Å². The van der Waals surface area contributed by atoms with Crippen LogP contribution in [0.3, 0.4) is 0 Å². The van der Waals surface area contributed by atoms with E-state index in [0.717, 1.165) is 25.9 Å². The molecule has 18 heavy (non-hydrogen) atoms. The summed E-state index contributed by atoms with van der Waals surface area (Å²) in [6.07, 6.45) is 12.5. The molecule has 0 aromatic carbocycles. The fourth-order valence-corrected chi connectivity index (χ4v) is 2.53. The van der Waals surface area contributed by atoms with Crippen LogP contribution < -0.4 is 0 Å². The zero-order valence-corrected chi connectivity index (χ0v) is 13.1. The van der Waals surface area contributed by atoms with Gasteiger partial charge in [-0.3, -0.25) is 0 Å². The molecule has 0 aliphatic carbocycles. The lowest BCUT2D eigenvalue weighted by atomic mass is 10.0. The zero-order valence-electron chi connectivity index (χ0n) is 13.1. The standard InChI is InChI=1S/C16H34O2/c1-5-8-9-10-11-12-13-15-16(17-4,14-6-2)18-7-3/h5-15H2,1-4H3. The summed E-state index contributed by atoms with van der Waals surface area (Å²) in [5, 5.41) is 0. The van der Waals surface area contributed by atoms with Crippen LogP contribution in [-0.4, -0.2) is 19.5 Å². The van der Waals surface area contributed by atoms with Crippen LogP contribution in [0.4, 0.5) is 0 Å². The third kappa shape index (κ3) is 8.10. The zero-order chi connectivity index (χ0) is 13.7. The maximum Gasteiger partial charge on any atom is 0.167 e. The summed E-state index contributed by atoms with van der Waals surface area (Å²) in [6.45, 7) is 7.25. The van der Waals surface area contributed by atoms with Crippen LogP contribution in [0, 0.1) is 0 Å². The Hall–Kier alpha value is -0.0800. The van der Waals surface area contributed by atoms with Crippen LogP contribution in [0.1, 0.15) is 85.0 Å². The van der Waals surface area contributed by atoms with Crippen molar-refractivity contribution >= 4 is 0 Å². The average molecular weight is 258 g/mol. The molecule has 110 valence electrons. The quantitative estimate of drug-likeness (QED) is 0.329. The molecule has 1 atom stereocenters. The van der Waals surface area contributed by atoms with E-state index in [1.54, 1.807) is 7.11 Å². The Kier molecular flexibility index (Phi) is 11.9. The van der Waals surface area contributed by atoms with Gasteiger partial charge in [0.05, 0.1) is 0 Å². The minimum absolute atomic E-state index is 0.313. The monoisotopic (exact) mass is 258 g/mol. The lowest BCUT2D eigenvalue weighted by Crippen LogP contribution is -2.34. The van der Waals surface area contributed by atoms with E-state index in [4.69, 9.17) is 9.47 Å². The molecule has 1 unspecified atom stereocenters. The van der Waals surface area contributed by atoms with Crippen LogP contribution in [0.2, 0.25) is 0 Å². The number of methoxy groups -OCH3 is 1. The van der Waals surface area contributed by atoms with Gasteiger partial charge >= 0.3 is 0 Å². The molecule has 0 bridgehead atoms. The van der Waals surface area contributed by atoms with Gasteiger partial charge in [-0.2, -0.15) is 0 Å². The van der Waals surface area contributed by atoms with E-state index < -0.39 is 0 Å². The van der Waals surface area contributed by atoms with Gasteiger partial charge in [-0.05, 0) is 13.3 Å². The molecule has 0 aliphatic heterocycles. The molecule has 0 N–H and O–H groups in total. The van der Waals surface area contributed by atoms with Crippen molar-refractivity contribution in [1.29, 1.82) is 0 Å². The highest BCUT2D eigenvalue weighted by atomic mass is 16.7. The Bertz CT molecular complexity index is 162. The normalized spacial score (nSPS) is 14.7. The molecule has 0 heterocycles. The van der Waals surface area contributed by atoms with Gasteiger partial charge < -0.3 is 9.47 Å². The molecule has 0 rings (SSSR count). The van der Waals surface area contributed by atoms with Crippen LogP contribution in [0.15, 0.2) is 0 Å². The van der Waals surface area contributed by atoms with Crippen molar-refractivity contribution in [2.45, 2.75) is 90.8 Å². The van der Waals surface area contributed by atoms with E-state index in [9.17, 15) is 0 Å². The van der Waals surface area contributed by atoms with Gasteiger partial charge in [-0.1, -0.05) is 58.8 Å². The van der Waals surface area contributed by atoms with Gasteiger partial charge in [0.1, 0.15) is 0 Å². The maximum absolute atomic E-state index is 5.84. The molecule has 0 aromatic rings. The Morgan fingerprint density at radius 1 is 0.722 bits per heavy atom. The molecule has 0 aromatic heterocycles. The molecule has 0 fully saturated rings. The SMILES string of the molecule is CCCCCCCCCC(CCC)(OC)OCC. The summed E-state index contributed by atoms with van der Waals surface area (Å²) in [7, 11) is 1.78. The van der Waals surface area contributed by atoms with Crippen molar-refractivity contribution in [3.8, 4) is 0 Å². The van der Waals surface area contributed by atoms with Gasteiger partial charge in [-0.15, -0.1) is 0 Å². The van der Waals surface area contributed by atoms with Crippen molar-refractivity contribution in [2.24, 2.45) is 0 Å². The fourth-order valence-electron chi connectivity index (χ4n) is 2.53. The van der Waals surface area contributed by atoms with Gasteiger partial charge in [0.2, 0.25) is 0 Å². The highest BCUT2D eigenvalue weighted by molar-refractivity contribution is 4.69. The molecule has 0 aliphatic rings. The minimum Gasteiger partial charge on any atom is -0.353 e. The summed E-state index contributed by atoms with van der Waals surface area (Å²) in [5.41, 5.74) is 0. The Balaban J connectivity index is 3.75. The molecule has 0 spiro atoms. The highest BCUT2D eigenvalue weighted by Crippen LogP contribution is 2.26. The molecular formula is C16H34O2. The van der Waals surface area contributed by atoms with Crippen molar-refractivity contribution in [3.05, 3.63) is 0 Å². The summed E-state index contributed by atoms with van der Waals surface area (Å²) < 4.78 is 11.5. The molecule has 2 heteroatoms. The van der Waals surface area contributed by atoms with E-state index in [1.807, 2.05) is 6.92 Å². The van der Waals surface area contributed by atoms with Crippen molar-refractivity contribution in [1.82, 2.24) is 0 Å². The topological polar surface area (TPSA) is 18.5 Å². The summed E-state index contributed by atoms with van der Waals surface area (Å²) in [5.74, 6) is -0.313. The first-order valence-electron chi connectivity index (χ1n) is 7.93.